The first kappa shape index (κ1) is 25.4. The molecule has 0 bridgehead atoms. The van der Waals surface area contributed by atoms with Crippen LogP contribution in [0.3, 0.4) is 0 Å². The summed E-state index contributed by atoms with van der Waals surface area (Å²) in [4.78, 5) is 13.3. The van der Waals surface area contributed by atoms with Gasteiger partial charge in [-0.2, -0.15) is 0 Å². The zero-order valence-corrected chi connectivity index (χ0v) is 21.2. The minimum Gasteiger partial charge on any atom is -0.356 e. The summed E-state index contributed by atoms with van der Waals surface area (Å²) in [6.45, 7) is 5.57. The molecule has 1 amide bonds. The lowest BCUT2D eigenvalue weighted by molar-refractivity contribution is -0.128. The molecule has 3 saturated carbocycles. The van der Waals surface area contributed by atoms with Gasteiger partial charge in [0.1, 0.15) is 12.3 Å². The van der Waals surface area contributed by atoms with Crippen LogP contribution in [-0.2, 0) is 18.4 Å². The maximum atomic E-state index is 14.0. The van der Waals surface area contributed by atoms with Gasteiger partial charge >= 0.3 is 0 Å². The Morgan fingerprint density at radius 1 is 1.00 bits per heavy atom. The lowest BCUT2D eigenvalue weighted by atomic mass is 9.63. The maximum absolute atomic E-state index is 14.0. The predicted octanol–water partition coefficient (Wildman–Crippen LogP) is 5.00. The fourth-order valence-corrected chi connectivity index (χ4v) is 7.25. The average molecular weight is 479 g/mol. The van der Waals surface area contributed by atoms with E-state index in [0.29, 0.717) is 61.0 Å². The van der Waals surface area contributed by atoms with Crippen LogP contribution in [0, 0.1) is 46.8 Å². The number of carbonyl (C=O) groups excluding carboxylic acids is 1. The molecule has 2 N–H and O–H groups in total. The predicted molar refractivity (Wildman–Crippen MR) is 129 cm³/mol. The molecule has 7 heteroatoms. The van der Waals surface area contributed by atoms with Crippen LogP contribution >= 0.6 is 0 Å². The van der Waals surface area contributed by atoms with Crippen molar-refractivity contribution in [3.63, 3.8) is 0 Å². The van der Waals surface area contributed by atoms with E-state index in [0.717, 1.165) is 45.1 Å². The van der Waals surface area contributed by atoms with Crippen molar-refractivity contribution in [3.05, 3.63) is 18.0 Å². The van der Waals surface area contributed by atoms with E-state index in [1.807, 2.05) is 35.5 Å². The van der Waals surface area contributed by atoms with Crippen LogP contribution in [0.1, 0.15) is 71.6 Å². The topological polar surface area (TPSA) is 62.8 Å². The molecular weight excluding hydrogens is 434 g/mol. The lowest BCUT2D eigenvalue weighted by Gasteiger charge is -2.43. The molecule has 1 aromatic heterocycles. The molecule has 192 valence electrons. The Hall–Kier alpha value is -1.66. The number of rotatable bonds is 6. The van der Waals surface area contributed by atoms with E-state index in [1.54, 1.807) is 0 Å². The second kappa shape index (κ2) is 10.9. The average Bonchev–Trinajstić information content (AvgIpc) is 3.11. The molecule has 0 aliphatic heterocycles. The molecule has 34 heavy (non-hydrogen) atoms. The molecule has 5 nitrogen and oxygen atoms in total. The molecule has 9 unspecified atom stereocenters. The van der Waals surface area contributed by atoms with Crippen molar-refractivity contribution in [3.8, 4) is 0 Å². The third-order valence-electron chi connectivity index (χ3n) is 9.26. The van der Waals surface area contributed by atoms with Crippen LogP contribution < -0.4 is 10.9 Å². The smallest absolute Gasteiger partial charge is 0.223 e. The summed E-state index contributed by atoms with van der Waals surface area (Å²) in [7, 11) is 1.88. The number of amides is 1. The zero-order chi connectivity index (χ0) is 24.4. The number of imidazole rings is 1. The van der Waals surface area contributed by atoms with Crippen LogP contribution in [0.25, 0.3) is 0 Å². The van der Waals surface area contributed by atoms with Crippen molar-refractivity contribution >= 4 is 5.91 Å². The number of nitrogens with one attached hydrogen (secondary N) is 2. The summed E-state index contributed by atoms with van der Waals surface area (Å²) >= 11 is 0. The van der Waals surface area contributed by atoms with E-state index >= 15 is 0 Å². The first-order valence-corrected chi connectivity index (χ1v) is 13.5. The van der Waals surface area contributed by atoms with Gasteiger partial charge in [0.25, 0.3) is 0 Å². The molecule has 3 fully saturated rings. The molecule has 4 rings (SSSR count). The van der Waals surface area contributed by atoms with E-state index in [2.05, 4.69) is 12.2 Å². The van der Waals surface area contributed by atoms with Crippen LogP contribution in [0.15, 0.2) is 12.4 Å². The Kier molecular flexibility index (Phi) is 8.19. The van der Waals surface area contributed by atoms with Gasteiger partial charge in [0.05, 0.1) is 0 Å². The van der Waals surface area contributed by atoms with Crippen LogP contribution in [0.2, 0.25) is 0 Å². The minimum atomic E-state index is -0.703. The van der Waals surface area contributed by atoms with Crippen LogP contribution in [0.5, 0.6) is 0 Å². The SMILES string of the molecule is CC1CC(CNC(=O)C2CC(Cn3ccn(C)c3=N)CC(C3CCC(F)CC3C)C2)CCC1F. The van der Waals surface area contributed by atoms with Gasteiger partial charge in [-0.05, 0) is 93.3 Å². The Labute approximate surface area is 203 Å². The third kappa shape index (κ3) is 5.93. The molecule has 1 aromatic rings. The first-order chi connectivity index (χ1) is 16.2. The van der Waals surface area contributed by atoms with Crippen LogP contribution in [-0.4, -0.2) is 33.9 Å². The standard InChI is InChI=1S/C27H44F2N4O/c1-17-11-23(28)5-6-24(17)21-12-20(16-33-9-8-32(3)27(33)30)13-22(14-21)26(34)31-15-19-4-7-25(29)18(2)10-19/h8-9,17-25,30H,4-7,10-16H2,1-3H3,(H,31,34). The van der Waals surface area contributed by atoms with Crippen molar-refractivity contribution in [1.82, 2.24) is 14.5 Å². The van der Waals surface area contributed by atoms with Gasteiger partial charge in [-0.15, -0.1) is 0 Å². The number of hydrogen-bond acceptors (Lipinski definition) is 2. The van der Waals surface area contributed by atoms with Gasteiger partial charge in [-0.25, -0.2) is 8.78 Å². The Balaban J connectivity index is 1.42. The molecule has 0 aromatic carbocycles. The summed E-state index contributed by atoms with van der Waals surface area (Å²) in [5, 5.41) is 11.5. The van der Waals surface area contributed by atoms with Gasteiger partial charge in [0.15, 0.2) is 0 Å². The lowest BCUT2D eigenvalue weighted by Crippen LogP contribution is -2.43. The largest absolute Gasteiger partial charge is 0.356 e. The van der Waals surface area contributed by atoms with Gasteiger partial charge in [0, 0.05) is 38.4 Å². The number of carbonyl (C=O) groups is 1. The molecule has 1 heterocycles. The monoisotopic (exact) mass is 478 g/mol. The quantitative estimate of drug-likeness (QED) is 0.594. The van der Waals surface area contributed by atoms with Crippen molar-refractivity contribution in [1.29, 1.82) is 5.41 Å². The van der Waals surface area contributed by atoms with Crippen molar-refractivity contribution in [2.45, 2.75) is 90.5 Å². The summed E-state index contributed by atoms with van der Waals surface area (Å²) in [5.74, 6) is 2.14. The number of halogens is 2. The first-order valence-electron chi connectivity index (χ1n) is 13.5. The number of aryl methyl sites for hydroxylation is 1. The number of alkyl halides is 2. The van der Waals surface area contributed by atoms with Crippen LogP contribution in [0.4, 0.5) is 8.78 Å². The highest BCUT2D eigenvalue weighted by molar-refractivity contribution is 5.78. The molecule has 3 aliphatic carbocycles. The fourth-order valence-electron chi connectivity index (χ4n) is 7.25. The third-order valence-corrected chi connectivity index (χ3v) is 9.26. The number of hydrogen-bond donors (Lipinski definition) is 2. The highest BCUT2D eigenvalue weighted by Crippen LogP contribution is 2.45. The van der Waals surface area contributed by atoms with Crippen molar-refractivity contribution in [2.24, 2.45) is 48.5 Å². The molecule has 0 spiro atoms. The normalized spacial score (nSPS) is 39.0. The van der Waals surface area contributed by atoms with Crippen molar-refractivity contribution < 1.29 is 13.6 Å². The van der Waals surface area contributed by atoms with Gasteiger partial charge in [-0.3, -0.25) is 10.2 Å². The second-order valence-electron chi connectivity index (χ2n) is 11.9. The highest BCUT2D eigenvalue weighted by atomic mass is 19.1. The van der Waals surface area contributed by atoms with Gasteiger partial charge in [-0.1, -0.05) is 13.8 Å². The second-order valence-corrected chi connectivity index (χ2v) is 11.9. The maximum Gasteiger partial charge on any atom is 0.223 e. The summed E-state index contributed by atoms with van der Waals surface area (Å²) in [5.41, 5.74) is 0.479. The highest BCUT2D eigenvalue weighted by Gasteiger charge is 2.40. The van der Waals surface area contributed by atoms with E-state index in [-0.39, 0.29) is 17.7 Å². The summed E-state index contributed by atoms with van der Waals surface area (Å²) in [6, 6.07) is 0. The van der Waals surface area contributed by atoms with Crippen molar-refractivity contribution in [2.75, 3.05) is 6.54 Å². The van der Waals surface area contributed by atoms with E-state index in [9.17, 15) is 13.6 Å². The molecule has 9 atom stereocenters. The minimum absolute atomic E-state index is 0.0347. The Morgan fingerprint density at radius 3 is 2.47 bits per heavy atom. The van der Waals surface area contributed by atoms with E-state index < -0.39 is 12.3 Å². The zero-order valence-electron chi connectivity index (χ0n) is 21.2. The molecule has 0 radical (unpaired) electrons. The van der Waals surface area contributed by atoms with E-state index in [1.165, 1.54) is 0 Å². The van der Waals surface area contributed by atoms with E-state index in [4.69, 9.17) is 5.41 Å². The summed E-state index contributed by atoms with van der Waals surface area (Å²) in [6.07, 6.45) is 9.76. The Bertz CT molecular complexity index is 882. The number of nitrogens with zero attached hydrogens (tertiary/aromatic N) is 2. The molecule has 3 aliphatic rings. The molecule has 0 saturated heterocycles. The molecular formula is C27H44F2N4O. The fraction of sp³-hybridized carbons (Fsp3) is 0.852. The number of aromatic nitrogens is 2. The van der Waals surface area contributed by atoms with Gasteiger partial charge in [0.2, 0.25) is 11.5 Å². The Morgan fingerprint density at radius 2 is 1.79 bits per heavy atom. The van der Waals surface area contributed by atoms with Gasteiger partial charge < -0.3 is 14.5 Å². The summed E-state index contributed by atoms with van der Waals surface area (Å²) < 4.78 is 31.6.